The van der Waals surface area contributed by atoms with Crippen LogP contribution in [0.15, 0.2) is 84.1 Å². The summed E-state index contributed by atoms with van der Waals surface area (Å²) in [5.41, 5.74) is 3.30. The quantitative estimate of drug-likeness (QED) is 0.429. The molecule has 4 rings (SSSR count). The number of carbonyl (C=O) groups is 1. The van der Waals surface area contributed by atoms with Gasteiger partial charge in [0.25, 0.3) is 5.91 Å². The number of allylic oxidation sites excluding steroid dienone is 1. The molecule has 3 aromatic rings. The van der Waals surface area contributed by atoms with Crippen molar-refractivity contribution in [3.05, 3.63) is 94.7 Å². The number of amides is 1. The van der Waals surface area contributed by atoms with Gasteiger partial charge >= 0.3 is 0 Å². The van der Waals surface area contributed by atoms with Gasteiger partial charge in [-0.15, -0.1) is 0 Å². The minimum Gasteiger partial charge on any atom is -0.497 e. The maximum Gasteiger partial charge on any atom is 0.255 e. The molecule has 0 saturated heterocycles. The Balaban J connectivity index is 1.82. The molecule has 0 radical (unpaired) electrons. The first kappa shape index (κ1) is 23.6. The number of anilines is 2. The van der Waals surface area contributed by atoms with Crippen molar-refractivity contribution in [3.8, 4) is 11.5 Å². The molecule has 2 N–H and O–H groups in total. The van der Waals surface area contributed by atoms with Crippen LogP contribution >= 0.6 is 23.8 Å². The maximum absolute atomic E-state index is 13.7. The number of hydrogen-bond donors (Lipinski definition) is 2. The number of nitrogens with one attached hydrogen (secondary N) is 2. The number of para-hydroxylation sites is 2. The van der Waals surface area contributed by atoms with Crippen LogP contribution in [-0.4, -0.2) is 25.2 Å². The Labute approximate surface area is 209 Å². The van der Waals surface area contributed by atoms with Gasteiger partial charge in [0.05, 0.1) is 31.5 Å². The summed E-state index contributed by atoms with van der Waals surface area (Å²) in [6.45, 7) is 1.87. The van der Waals surface area contributed by atoms with E-state index in [-0.39, 0.29) is 5.91 Å². The summed E-state index contributed by atoms with van der Waals surface area (Å²) >= 11 is 12.3. The molecule has 6 nitrogen and oxygen atoms in total. The summed E-state index contributed by atoms with van der Waals surface area (Å²) in [4.78, 5) is 15.6. The van der Waals surface area contributed by atoms with Crippen molar-refractivity contribution in [1.82, 2.24) is 5.32 Å². The predicted octanol–water partition coefficient (Wildman–Crippen LogP) is 5.71. The third-order valence-electron chi connectivity index (χ3n) is 5.63. The lowest BCUT2D eigenvalue weighted by molar-refractivity contribution is -0.113. The third-order valence-corrected chi connectivity index (χ3v) is 6.28. The molecule has 1 atom stereocenters. The lowest BCUT2D eigenvalue weighted by Crippen LogP contribution is -2.48. The maximum atomic E-state index is 13.7. The molecule has 34 heavy (non-hydrogen) atoms. The Morgan fingerprint density at radius 1 is 1.00 bits per heavy atom. The number of carbonyl (C=O) groups excluding carboxylic acids is 1. The minimum absolute atomic E-state index is 0.291. The zero-order chi connectivity index (χ0) is 24.2. The first-order chi connectivity index (χ1) is 16.4. The van der Waals surface area contributed by atoms with Crippen molar-refractivity contribution in [3.63, 3.8) is 0 Å². The average Bonchev–Trinajstić information content (AvgIpc) is 2.84. The molecule has 1 aliphatic heterocycles. The predicted molar refractivity (Wildman–Crippen MR) is 140 cm³/mol. The molecule has 8 heteroatoms. The van der Waals surface area contributed by atoms with E-state index in [1.54, 1.807) is 32.4 Å². The van der Waals surface area contributed by atoms with E-state index in [4.69, 9.17) is 33.3 Å². The average molecular weight is 494 g/mol. The lowest BCUT2D eigenvalue weighted by atomic mass is 9.94. The van der Waals surface area contributed by atoms with Gasteiger partial charge in [-0.2, -0.15) is 0 Å². The monoisotopic (exact) mass is 493 g/mol. The first-order valence-electron chi connectivity index (χ1n) is 10.6. The molecule has 174 valence electrons. The highest BCUT2D eigenvalue weighted by atomic mass is 35.5. The third kappa shape index (κ3) is 4.58. The minimum atomic E-state index is -0.537. The van der Waals surface area contributed by atoms with E-state index in [0.29, 0.717) is 32.8 Å². The van der Waals surface area contributed by atoms with Crippen LogP contribution in [0.5, 0.6) is 11.5 Å². The number of methoxy groups -OCH3 is 2. The Bertz CT molecular complexity index is 1260. The SMILES string of the molecule is COc1ccc(N2C(=S)NC(c3ccccc3Cl)C(C(=O)Nc3ccccc3OC)=C2C)cc1. The molecular formula is C26H24ClN3O3S. The van der Waals surface area contributed by atoms with Crippen LogP contribution in [0.1, 0.15) is 18.5 Å². The number of nitrogens with zero attached hydrogens (tertiary/aromatic N) is 1. The zero-order valence-corrected chi connectivity index (χ0v) is 20.5. The number of thiocarbonyl (C=S) groups is 1. The number of hydrogen-bond acceptors (Lipinski definition) is 4. The van der Waals surface area contributed by atoms with Crippen LogP contribution in [0.4, 0.5) is 11.4 Å². The van der Waals surface area contributed by atoms with E-state index in [1.807, 2.05) is 66.4 Å². The molecule has 0 saturated carbocycles. The lowest BCUT2D eigenvalue weighted by Gasteiger charge is -2.38. The number of halogens is 1. The van der Waals surface area contributed by atoms with Gasteiger partial charge in [0.1, 0.15) is 11.5 Å². The number of rotatable bonds is 6. The fraction of sp³-hybridized carbons (Fsp3) is 0.154. The smallest absolute Gasteiger partial charge is 0.255 e. The standard InChI is InChI=1S/C26H24ClN3O3S/c1-16-23(25(31)28-21-10-6-7-11-22(21)33-3)24(19-8-4-5-9-20(19)27)29-26(34)30(16)17-12-14-18(32-2)15-13-17/h4-15,24H,1-3H3,(H,28,31)(H,29,34). The summed E-state index contributed by atoms with van der Waals surface area (Å²) in [7, 11) is 3.18. The summed E-state index contributed by atoms with van der Waals surface area (Å²) < 4.78 is 10.7. The van der Waals surface area contributed by atoms with Crippen molar-refractivity contribution < 1.29 is 14.3 Å². The van der Waals surface area contributed by atoms with E-state index in [2.05, 4.69) is 10.6 Å². The van der Waals surface area contributed by atoms with Crippen molar-refractivity contribution in [2.24, 2.45) is 0 Å². The second-order valence-electron chi connectivity index (χ2n) is 7.59. The van der Waals surface area contributed by atoms with Crippen molar-refractivity contribution in [2.45, 2.75) is 13.0 Å². The highest BCUT2D eigenvalue weighted by Crippen LogP contribution is 2.37. The molecule has 3 aromatic carbocycles. The van der Waals surface area contributed by atoms with Crippen LogP contribution in [0.3, 0.4) is 0 Å². The van der Waals surface area contributed by atoms with Gasteiger partial charge in [-0.25, -0.2) is 0 Å². The normalized spacial score (nSPS) is 15.6. The Hall–Kier alpha value is -3.55. The van der Waals surface area contributed by atoms with E-state index in [1.165, 1.54) is 0 Å². The molecule has 1 heterocycles. The van der Waals surface area contributed by atoms with Gasteiger partial charge in [-0.3, -0.25) is 9.69 Å². The van der Waals surface area contributed by atoms with E-state index in [0.717, 1.165) is 17.0 Å². The van der Waals surface area contributed by atoms with Crippen LogP contribution in [0, 0.1) is 0 Å². The summed E-state index contributed by atoms with van der Waals surface area (Å²) in [6, 6.07) is 21.6. The highest BCUT2D eigenvalue weighted by Gasteiger charge is 2.35. The van der Waals surface area contributed by atoms with Gasteiger partial charge in [0, 0.05) is 16.4 Å². The van der Waals surface area contributed by atoms with Gasteiger partial charge in [-0.1, -0.05) is 41.9 Å². The molecule has 1 unspecified atom stereocenters. The second-order valence-corrected chi connectivity index (χ2v) is 8.38. The molecule has 1 aliphatic rings. The zero-order valence-electron chi connectivity index (χ0n) is 19.0. The van der Waals surface area contributed by atoms with E-state index >= 15 is 0 Å². The van der Waals surface area contributed by atoms with Crippen molar-refractivity contribution in [1.29, 1.82) is 0 Å². The summed E-state index contributed by atoms with van der Waals surface area (Å²) in [6.07, 6.45) is 0. The van der Waals surface area contributed by atoms with Gasteiger partial charge < -0.3 is 20.1 Å². The van der Waals surface area contributed by atoms with E-state index in [9.17, 15) is 4.79 Å². The molecule has 0 bridgehead atoms. The second kappa shape index (κ2) is 10.2. The highest BCUT2D eigenvalue weighted by molar-refractivity contribution is 7.80. The van der Waals surface area contributed by atoms with Crippen LogP contribution in [0.2, 0.25) is 5.02 Å². The number of benzene rings is 3. The molecular weight excluding hydrogens is 470 g/mol. The van der Waals surface area contributed by atoms with Crippen molar-refractivity contribution >= 4 is 46.2 Å². The number of ether oxygens (including phenoxy) is 2. The van der Waals surface area contributed by atoms with Gasteiger partial charge in [0.2, 0.25) is 0 Å². The Morgan fingerprint density at radius 2 is 1.68 bits per heavy atom. The summed E-state index contributed by atoms with van der Waals surface area (Å²) in [5.74, 6) is 1.000. The molecule has 0 fully saturated rings. The molecule has 1 amide bonds. The van der Waals surface area contributed by atoms with Crippen LogP contribution in [0.25, 0.3) is 0 Å². The first-order valence-corrected chi connectivity index (χ1v) is 11.4. The van der Waals surface area contributed by atoms with Gasteiger partial charge in [-0.05, 0) is 67.2 Å². The Morgan fingerprint density at radius 3 is 2.35 bits per heavy atom. The molecule has 0 aromatic heterocycles. The molecule has 0 spiro atoms. The fourth-order valence-electron chi connectivity index (χ4n) is 3.96. The van der Waals surface area contributed by atoms with Crippen LogP contribution < -0.4 is 25.0 Å². The van der Waals surface area contributed by atoms with E-state index < -0.39 is 6.04 Å². The fourth-order valence-corrected chi connectivity index (χ4v) is 4.56. The Kier molecular flexibility index (Phi) is 7.05. The molecule has 0 aliphatic carbocycles. The summed E-state index contributed by atoms with van der Waals surface area (Å²) in [5, 5.41) is 7.31. The largest absolute Gasteiger partial charge is 0.497 e. The topological polar surface area (TPSA) is 62.8 Å². The van der Waals surface area contributed by atoms with Crippen molar-refractivity contribution in [2.75, 3.05) is 24.4 Å². The van der Waals surface area contributed by atoms with Crippen LogP contribution in [-0.2, 0) is 4.79 Å². The van der Waals surface area contributed by atoms with Gasteiger partial charge in [0.15, 0.2) is 5.11 Å².